The van der Waals surface area contributed by atoms with E-state index in [1.807, 2.05) is 13.8 Å². The third-order valence-corrected chi connectivity index (χ3v) is 2.64. The van der Waals surface area contributed by atoms with E-state index < -0.39 is 11.5 Å². The summed E-state index contributed by atoms with van der Waals surface area (Å²) in [4.78, 5) is 10.7. The summed E-state index contributed by atoms with van der Waals surface area (Å²) in [6, 6.07) is 0. The Labute approximate surface area is 60.2 Å². The average Bonchev–Trinajstić information content (AvgIpc) is 1.83. The number of nitrogens with two attached hydrogens (primary N) is 1. The molecule has 0 spiro atoms. The largest absolute Gasteiger partial charge is 0.379 e. The molecule has 1 aliphatic carbocycles. The third kappa shape index (κ3) is 0.669. The van der Waals surface area contributed by atoms with Gasteiger partial charge in [0.05, 0.1) is 0 Å². The molecule has 1 saturated carbocycles. The van der Waals surface area contributed by atoms with Crippen LogP contribution in [0.2, 0.25) is 0 Å². The van der Waals surface area contributed by atoms with Gasteiger partial charge in [0.2, 0.25) is 5.91 Å². The Bertz CT molecular complexity index is 176. The molecule has 0 aliphatic heterocycles. The summed E-state index contributed by atoms with van der Waals surface area (Å²) < 4.78 is 0. The van der Waals surface area contributed by atoms with Gasteiger partial charge in [-0.2, -0.15) is 0 Å². The monoisotopic (exact) mass is 143 g/mol. The first-order valence-electron chi connectivity index (χ1n) is 3.42. The van der Waals surface area contributed by atoms with Gasteiger partial charge in [-0.1, -0.05) is 13.8 Å². The fourth-order valence-corrected chi connectivity index (χ4v) is 1.32. The summed E-state index contributed by atoms with van der Waals surface area (Å²) in [5, 5.41) is 9.54. The minimum absolute atomic E-state index is 0.321. The molecule has 3 N–H and O–H groups in total. The maximum absolute atomic E-state index is 10.7. The summed E-state index contributed by atoms with van der Waals surface area (Å²) in [6.45, 7) is 3.70. The molecule has 1 fully saturated rings. The first-order valence-corrected chi connectivity index (χ1v) is 3.42. The van der Waals surface area contributed by atoms with Crippen LogP contribution in [0.3, 0.4) is 0 Å². The fourth-order valence-electron chi connectivity index (χ4n) is 1.32. The predicted molar refractivity (Wildman–Crippen MR) is 37.2 cm³/mol. The molecule has 0 radical (unpaired) electrons. The van der Waals surface area contributed by atoms with Crippen molar-refractivity contribution >= 4 is 5.91 Å². The highest BCUT2D eigenvalue weighted by Crippen LogP contribution is 2.48. The normalized spacial score (nSPS) is 36.7. The number of carbonyl (C=O) groups excluding carboxylic acids is 1. The second-order valence-corrected chi connectivity index (χ2v) is 3.61. The van der Waals surface area contributed by atoms with Crippen LogP contribution in [0.4, 0.5) is 0 Å². The van der Waals surface area contributed by atoms with Gasteiger partial charge < -0.3 is 10.8 Å². The lowest BCUT2D eigenvalue weighted by atomic mass is 9.58. The van der Waals surface area contributed by atoms with Crippen LogP contribution in [0.25, 0.3) is 0 Å². The molecule has 0 saturated heterocycles. The minimum atomic E-state index is -1.24. The Morgan fingerprint density at radius 3 is 2.00 bits per heavy atom. The van der Waals surface area contributed by atoms with Gasteiger partial charge in [0.1, 0.15) is 5.60 Å². The standard InChI is InChI=1S/C7H13NO2/c1-6(2)3-4-7(6,10)5(8)9/h10H,3-4H2,1-2H3,(H2,8,9). The molecule has 58 valence electrons. The second kappa shape index (κ2) is 1.72. The number of hydrogen-bond donors (Lipinski definition) is 2. The van der Waals surface area contributed by atoms with Crippen molar-refractivity contribution in [2.45, 2.75) is 32.3 Å². The first kappa shape index (κ1) is 7.54. The molecule has 0 heterocycles. The van der Waals surface area contributed by atoms with Gasteiger partial charge in [-0.05, 0) is 12.8 Å². The predicted octanol–water partition coefficient (Wildman–Crippen LogP) is 0.0228. The number of primary amides is 1. The molecule has 1 amide bonds. The van der Waals surface area contributed by atoms with Gasteiger partial charge in [0, 0.05) is 5.41 Å². The van der Waals surface area contributed by atoms with E-state index in [9.17, 15) is 9.90 Å². The van der Waals surface area contributed by atoms with Gasteiger partial charge in [-0.3, -0.25) is 4.79 Å². The van der Waals surface area contributed by atoms with Crippen molar-refractivity contribution in [3.05, 3.63) is 0 Å². The van der Waals surface area contributed by atoms with E-state index in [-0.39, 0.29) is 5.41 Å². The van der Waals surface area contributed by atoms with E-state index in [0.717, 1.165) is 6.42 Å². The van der Waals surface area contributed by atoms with Gasteiger partial charge in [-0.15, -0.1) is 0 Å². The zero-order valence-electron chi connectivity index (χ0n) is 6.35. The number of aliphatic hydroxyl groups is 1. The molecule has 0 bridgehead atoms. The van der Waals surface area contributed by atoms with Gasteiger partial charge in [-0.25, -0.2) is 0 Å². The minimum Gasteiger partial charge on any atom is -0.379 e. The maximum atomic E-state index is 10.7. The van der Waals surface area contributed by atoms with Crippen LogP contribution in [-0.4, -0.2) is 16.6 Å². The first-order chi connectivity index (χ1) is 4.40. The molecule has 1 atom stereocenters. The summed E-state index contributed by atoms with van der Waals surface area (Å²) >= 11 is 0. The molecule has 0 aromatic carbocycles. The third-order valence-electron chi connectivity index (χ3n) is 2.64. The lowest BCUT2D eigenvalue weighted by Gasteiger charge is -2.49. The second-order valence-electron chi connectivity index (χ2n) is 3.61. The van der Waals surface area contributed by atoms with Crippen LogP contribution >= 0.6 is 0 Å². The quantitative estimate of drug-likeness (QED) is 0.543. The van der Waals surface area contributed by atoms with E-state index >= 15 is 0 Å². The van der Waals surface area contributed by atoms with E-state index in [1.54, 1.807) is 0 Å². The summed E-state index contributed by atoms with van der Waals surface area (Å²) in [6.07, 6.45) is 1.38. The Morgan fingerprint density at radius 1 is 1.50 bits per heavy atom. The van der Waals surface area contributed by atoms with Crippen molar-refractivity contribution < 1.29 is 9.90 Å². The SMILES string of the molecule is CC1(C)CCC1(O)C(N)=O. The zero-order valence-corrected chi connectivity index (χ0v) is 6.35. The molecule has 1 rings (SSSR count). The molecule has 0 aromatic rings. The number of amides is 1. The molecule has 3 heteroatoms. The van der Waals surface area contributed by atoms with Crippen molar-refractivity contribution in [1.82, 2.24) is 0 Å². The number of carbonyl (C=O) groups is 1. The van der Waals surface area contributed by atoms with Gasteiger partial charge >= 0.3 is 0 Å². The summed E-state index contributed by atoms with van der Waals surface area (Å²) in [7, 11) is 0. The Hall–Kier alpha value is -0.570. The van der Waals surface area contributed by atoms with Crippen molar-refractivity contribution in [1.29, 1.82) is 0 Å². The molecule has 3 nitrogen and oxygen atoms in total. The van der Waals surface area contributed by atoms with Crippen molar-refractivity contribution in [3.63, 3.8) is 0 Å². The van der Waals surface area contributed by atoms with Crippen LogP contribution in [0, 0.1) is 5.41 Å². The van der Waals surface area contributed by atoms with Crippen molar-refractivity contribution in [2.75, 3.05) is 0 Å². The topological polar surface area (TPSA) is 63.3 Å². The lowest BCUT2D eigenvalue weighted by Crippen LogP contribution is -2.61. The molecular formula is C7H13NO2. The van der Waals surface area contributed by atoms with E-state index in [1.165, 1.54) is 0 Å². The van der Waals surface area contributed by atoms with Crippen molar-refractivity contribution in [2.24, 2.45) is 11.1 Å². The molecule has 10 heavy (non-hydrogen) atoms. The maximum Gasteiger partial charge on any atom is 0.249 e. The Balaban J connectivity index is 2.81. The lowest BCUT2D eigenvalue weighted by molar-refractivity contribution is -0.174. The smallest absolute Gasteiger partial charge is 0.249 e. The molecule has 1 aliphatic rings. The highest BCUT2D eigenvalue weighted by molar-refractivity contribution is 5.85. The Kier molecular flexibility index (Phi) is 1.30. The van der Waals surface area contributed by atoms with E-state index in [4.69, 9.17) is 5.73 Å². The fraction of sp³-hybridized carbons (Fsp3) is 0.857. The van der Waals surface area contributed by atoms with Gasteiger partial charge in [0.15, 0.2) is 0 Å². The Morgan fingerprint density at radius 2 is 2.00 bits per heavy atom. The zero-order chi connectivity index (χ0) is 7.99. The molecule has 1 unspecified atom stereocenters. The van der Waals surface area contributed by atoms with Crippen LogP contribution in [0.1, 0.15) is 26.7 Å². The average molecular weight is 143 g/mol. The van der Waals surface area contributed by atoms with Gasteiger partial charge in [0.25, 0.3) is 0 Å². The number of rotatable bonds is 1. The van der Waals surface area contributed by atoms with Crippen LogP contribution < -0.4 is 5.73 Å². The summed E-state index contributed by atoms with van der Waals surface area (Å²) in [5.74, 6) is -0.594. The molecule has 0 aromatic heterocycles. The number of hydrogen-bond acceptors (Lipinski definition) is 2. The molecular weight excluding hydrogens is 130 g/mol. The summed E-state index contributed by atoms with van der Waals surface area (Å²) in [5.41, 5.74) is 3.46. The van der Waals surface area contributed by atoms with Crippen molar-refractivity contribution in [3.8, 4) is 0 Å². The van der Waals surface area contributed by atoms with Crippen LogP contribution in [0.5, 0.6) is 0 Å². The highest BCUT2D eigenvalue weighted by atomic mass is 16.3. The van der Waals surface area contributed by atoms with E-state index in [0.29, 0.717) is 6.42 Å². The highest BCUT2D eigenvalue weighted by Gasteiger charge is 2.56. The van der Waals surface area contributed by atoms with E-state index in [2.05, 4.69) is 0 Å². The van der Waals surface area contributed by atoms with Crippen LogP contribution in [0.15, 0.2) is 0 Å². The van der Waals surface area contributed by atoms with Crippen LogP contribution in [-0.2, 0) is 4.79 Å².